The van der Waals surface area contributed by atoms with Crippen molar-refractivity contribution < 1.29 is 0 Å². The van der Waals surface area contributed by atoms with E-state index in [-0.39, 0.29) is 0 Å². The zero-order valence-electron chi connectivity index (χ0n) is 9.83. The van der Waals surface area contributed by atoms with Gasteiger partial charge in [0.05, 0.1) is 0 Å². The van der Waals surface area contributed by atoms with Crippen LogP contribution in [-0.2, 0) is 0 Å². The molecule has 182 valence electrons. The molecule has 26 heavy (non-hydrogen) atoms. The van der Waals surface area contributed by atoms with Gasteiger partial charge in [0.1, 0.15) is 0 Å². The Labute approximate surface area is 335 Å². The molecule has 0 aliphatic rings. The van der Waals surface area contributed by atoms with Gasteiger partial charge in [0.25, 0.3) is 0 Å². The van der Waals surface area contributed by atoms with Crippen LogP contribution in [0.5, 0.6) is 0 Å². The topological polar surface area (TPSA) is 0 Å². The van der Waals surface area contributed by atoms with Crippen LogP contribution in [-0.4, -0.2) is 0 Å². The average molecular weight is 3300 g/mol. The molecule has 0 fully saturated rings. The first-order valence-corrected chi connectivity index (χ1v) is 161. The fourth-order valence-electron chi connectivity index (χ4n) is 0.309. The van der Waals surface area contributed by atoms with E-state index in [2.05, 4.69) is 261 Å². The van der Waals surface area contributed by atoms with Crippen molar-refractivity contribution in [1.29, 1.82) is 0 Å². The van der Waals surface area contributed by atoms with E-state index >= 15 is 0 Å². The van der Waals surface area contributed by atoms with Gasteiger partial charge in [0.2, 0.25) is 0 Å². The molecule has 0 amide bonds. The SMILES string of the molecule is II(I)I(I)I(I)I(I)I(I)I(I)I(I)I(I)I(I)I(I)I(I)I(I)I. The van der Waals surface area contributed by atoms with Crippen LogP contribution < -0.4 is 0 Å². The summed E-state index contributed by atoms with van der Waals surface area (Å²) in [6, 6.07) is 0. The van der Waals surface area contributed by atoms with Crippen LogP contribution in [0.15, 0.2) is 0 Å². The van der Waals surface area contributed by atoms with E-state index in [9.17, 15) is 0 Å². The molecule has 0 aliphatic carbocycles. The molecule has 0 aromatic heterocycles. The second-order valence-electron chi connectivity index (χ2n) is 1.94. The summed E-state index contributed by atoms with van der Waals surface area (Å²) in [5.41, 5.74) is 0. The van der Waals surface area contributed by atoms with Gasteiger partial charge < -0.3 is 0 Å². The van der Waals surface area contributed by atoms with Crippen molar-refractivity contribution in [1.82, 2.24) is 0 Å². The van der Waals surface area contributed by atoms with Crippen LogP contribution in [0.4, 0.5) is 0 Å². The van der Waals surface area contributed by atoms with Crippen LogP contribution in [0.3, 0.4) is 0 Å². The molecule has 0 spiro atoms. The first-order valence-electron chi connectivity index (χ1n) is 3.57. The molecule has 0 saturated carbocycles. The van der Waals surface area contributed by atoms with Crippen molar-refractivity contribution in [2.75, 3.05) is 0 Å². The molecule has 26 heteroatoms. The Bertz CT molecular complexity index is 332. The van der Waals surface area contributed by atoms with Gasteiger partial charge >= 0.3 is 355 Å². The monoisotopic (exact) mass is 3300 g/mol. The van der Waals surface area contributed by atoms with E-state index in [4.69, 9.17) is 0 Å². The molecular formula is I26. The molecule has 0 atom stereocenters. The Morgan fingerprint density at radius 1 is 0.192 bits per heavy atom. The van der Waals surface area contributed by atoms with E-state index in [1.807, 2.05) is 0 Å². The van der Waals surface area contributed by atoms with Gasteiger partial charge in [-0.05, 0) is 0 Å². The number of halogens is 26. The Kier molecular flexibility index (Phi) is 46.5. The first kappa shape index (κ1) is 45.0. The predicted molar refractivity (Wildman–Crippen MR) is 365 cm³/mol. The van der Waals surface area contributed by atoms with E-state index in [1.165, 1.54) is 0 Å². The first-order chi connectivity index (χ1) is 11.7. The van der Waals surface area contributed by atoms with Crippen LogP contribution in [0, 0.1) is 0 Å². The second kappa shape index (κ2) is 26.9. The van der Waals surface area contributed by atoms with Gasteiger partial charge in [-0.1, -0.05) is 0 Å². The van der Waals surface area contributed by atoms with Gasteiger partial charge in [-0.15, -0.1) is 0 Å². The fraction of sp³-hybridized carbons (Fsp3) is 0. The van der Waals surface area contributed by atoms with Gasteiger partial charge in [-0.2, -0.15) is 0 Å². The summed E-state index contributed by atoms with van der Waals surface area (Å²) in [6.45, 7) is 0. The molecule has 0 unspecified atom stereocenters. The quantitative estimate of drug-likeness (QED) is 0.181. The summed E-state index contributed by atoms with van der Waals surface area (Å²) in [5, 5.41) is 0. The van der Waals surface area contributed by atoms with Crippen LogP contribution >= 0.6 is 355 Å². The van der Waals surface area contributed by atoms with Crippen molar-refractivity contribution >= 4 is 355 Å². The average Bonchev–Trinajstić information content (AvgIpc) is 2.61. The van der Waals surface area contributed by atoms with E-state index < -0.39 is 94.7 Å². The molecule has 0 bridgehead atoms. The predicted octanol–water partition coefficient (Wildman–Crippen LogP) is 23.0. The van der Waals surface area contributed by atoms with E-state index in [0.29, 0.717) is 0 Å². The van der Waals surface area contributed by atoms with Crippen molar-refractivity contribution in [3.05, 3.63) is 0 Å². The Hall–Kier alpha value is 19.0. The zero-order valence-corrected chi connectivity index (χ0v) is 65.9. The van der Waals surface area contributed by atoms with Gasteiger partial charge in [0, 0.05) is 0 Å². The maximum absolute atomic E-state index is 3.24. The number of hydrogen-bond donors (Lipinski definition) is 0. The van der Waals surface area contributed by atoms with Crippen molar-refractivity contribution in [2.24, 2.45) is 0 Å². The number of rotatable bonds is 11. The molecule has 0 N–H and O–H groups in total. The molecule has 0 rings (SSSR count). The summed E-state index contributed by atoms with van der Waals surface area (Å²) in [5.74, 6) is 0. The van der Waals surface area contributed by atoms with Crippen molar-refractivity contribution in [2.45, 2.75) is 0 Å². The van der Waals surface area contributed by atoms with Crippen molar-refractivity contribution in [3.8, 4) is 0 Å². The summed E-state index contributed by atoms with van der Waals surface area (Å²) in [6.07, 6.45) is 0. The van der Waals surface area contributed by atoms with Crippen LogP contribution in [0.2, 0.25) is 0 Å². The molecule has 0 aliphatic heterocycles. The standard InChI is InChI=1S/I26/c1-15(2)17(5)19(7)21(9)23(11)25(13)26(14)24(12)22(10)20(8)18(6)16(3)4. The number of hydrogen-bond acceptors (Lipinski definition) is 0. The Morgan fingerprint density at radius 3 is 0.423 bits per heavy atom. The summed E-state index contributed by atoms with van der Waals surface area (Å²) in [4.78, 5) is 0. The molecule has 0 saturated heterocycles. The third-order valence-electron chi connectivity index (χ3n) is 0.898. The molecular weight excluding hydrogens is 3300 g/mol. The van der Waals surface area contributed by atoms with Crippen molar-refractivity contribution in [3.63, 3.8) is 0 Å². The third-order valence-corrected chi connectivity index (χ3v) is 1820. The summed E-state index contributed by atoms with van der Waals surface area (Å²) in [7, 11) is -5.32. The fourth-order valence-corrected chi connectivity index (χ4v) is 4190. The normalized spacial score (nSPS) is 18.2. The maximum atomic E-state index is 3.24. The van der Waals surface area contributed by atoms with Gasteiger partial charge in [-0.25, -0.2) is 0 Å². The molecule has 0 aromatic carbocycles. The molecule has 0 nitrogen and oxygen atoms in total. The summed E-state index contributed by atoms with van der Waals surface area (Å²) < 4.78 is 0. The molecule has 0 aromatic rings. The van der Waals surface area contributed by atoms with Crippen LogP contribution in [0.1, 0.15) is 0 Å². The van der Waals surface area contributed by atoms with Gasteiger partial charge in [-0.3, -0.25) is 0 Å². The van der Waals surface area contributed by atoms with E-state index in [1.54, 1.807) is 0 Å². The van der Waals surface area contributed by atoms with Gasteiger partial charge in [0.15, 0.2) is 0 Å². The zero-order chi connectivity index (χ0) is 20.9. The Morgan fingerprint density at radius 2 is 0.308 bits per heavy atom. The summed E-state index contributed by atoms with van der Waals surface area (Å²) >= 11 is 43.5. The molecule has 0 radical (unpaired) electrons. The minimum atomic E-state index is -0.462. The minimum absolute atomic E-state index is 0.416. The second-order valence-corrected chi connectivity index (χ2v) is 587. The third kappa shape index (κ3) is 19.1. The Balaban J connectivity index is 5.03. The molecule has 0 heterocycles. The van der Waals surface area contributed by atoms with Crippen LogP contribution in [0.25, 0.3) is 0 Å². The van der Waals surface area contributed by atoms with E-state index in [0.717, 1.165) is 0 Å².